The summed E-state index contributed by atoms with van der Waals surface area (Å²) in [6.45, 7) is 3.78. The van der Waals surface area contributed by atoms with E-state index in [-0.39, 0.29) is 0 Å². The summed E-state index contributed by atoms with van der Waals surface area (Å²) in [5.74, 6) is -0.965. The molecule has 0 saturated carbocycles. The van der Waals surface area contributed by atoms with Gasteiger partial charge < -0.3 is 10.1 Å². The van der Waals surface area contributed by atoms with Gasteiger partial charge in [0.15, 0.2) is 0 Å². The molecule has 20 heavy (non-hydrogen) atoms. The lowest BCUT2D eigenvalue weighted by atomic mass is 10.0. The van der Waals surface area contributed by atoms with E-state index in [4.69, 9.17) is 5.11 Å². The van der Waals surface area contributed by atoms with Crippen LogP contribution in [0.1, 0.15) is 11.1 Å². The van der Waals surface area contributed by atoms with Gasteiger partial charge in [-0.15, -0.1) is 0 Å². The summed E-state index contributed by atoms with van der Waals surface area (Å²) in [6.07, 6.45) is 4.48. The second-order valence-electron chi connectivity index (χ2n) is 4.54. The number of hydrogen-bond acceptors (Lipinski definition) is 1. The number of hydrogen-bond donors (Lipinski definition) is 2. The van der Waals surface area contributed by atoms with Crippen molar-refractivity contribution in [1.82, 2.24) is 4.98 Å². The van der Waals surface area contributed by atoms with Gasteiger partial charge in [0.05, 0.1) is 5.52 Å². The van der Waals surface area contributed by atoms with E-state index in [1.54, 1.807) is 12.2 Å². The van der Waals surface area contributed by atoms with Gasteiger partial charge in [0.2, 0.25) is 0 Å². The summed E-state index contributed by atoms with van der Waals surface area (Å²) >= 11 is 0. The lowest BCUT2D eigenvalue weighted by Gasteiger charge is -2.03. The number of para-hydroxylation sites is 1. The van der Waals surface area contributed by atoms with Crippen molar-refractivity contribution in [2.45, 2.75) is 0 Å². The molecule has 0 atom stereocenters. The SMILES string of the molecule is C=Cc1ccc2c([nH]c3ccccc32)c1C=CC(=O)O. The minimum atomic E-state index is -0.965. The highest BCUT2D eigenvalue weighted by Gasteiger charge is 2.09. The monoisotopic (exact) mass is 263 g/mol. The molecule has 0 spiro atoms. The topological polar surface area (TPSA) is 53.1 Å². The third-order valence-electron chi connectivity index (χ3n) is 3.37. The van der Waals surface area contributed by atoms with Gasteiger partial charge in [-0.25, -0.2) is 4.79 Å². The van der Waals surface area contributed by atoms with Gasteiger partial charge in [0.25, 0.3) is 0 Å². The number of carboxylic acids is 1. The fourth-order valence-electron chi connectivity index (χ4n) is 2.47. The zero-order valence-corrected chi connectivity index (χ0v) is 10.8. The Labute approximate surface area is 115 Å². The fourth-order valence-corrected chi connectivity index (χ4v) is 2.47. The maximum Gasteiger partial charge on any atom is 0.328 e. The average molecular weight is 263 g/mol. The highest BCUT2D eigenvalue weighted by atomic mass is 16.4. The number of H-pyrrole nitrogens is 1. The van der Waals surface area contributed by atoms with Crippen LogP contribution in [0.25, 0.3) is 34.0 Å². The maximum absolute atomic E-state index is 10.8. The largest absolute Gasteiger partial charge is 0.478 e. The molecule has 0 aliphatic heterocycles. The Morgan fingerprint density at radius 2 is 1.95 bits per heavy atom. The normalized spacial score (nSPS) is 11.4. The number of aromatic nitrogens is 1. The highest BCUT2D eigenvalue weighted by Crippen LogP contribution is 2.30. The summed E-state index contributed by atoms with van der Waals surface area (Å²) < 4.78 is 0. The van der Waals surface area contributed by atoms with Crippen molar-refractivity contribution in [3.63, 3.8) is 0 Å². The second kappa shape index (κ2) is 4.70. The van der Waals surface area contributed by atoms with E-state index in [0.29, 0.717) is 0 Å². The maximum atomic E-state index is 10.8. The quantitative estimate of drug-likeness (QED) is 0.700. The van der Waals surface area contributed by atoms with Gasteiger partial charge in [-0.1, -0.05) is 43.0 Å². The lowest BCUT2D eigenvalue weighted by Crippen LogP contribution is -1.88. The van der Waals surface area contributed by atoms with Crippen LogP contribution in [-0.4, -0.2) is 16.1 Å². The third kappa shape index (κ3) is 1.89. The van der Waals surface area contributed by atoms with E-state index in [0.717, 1.165) is 39.0 Å². The first-order chi connectivity index (χ1) is 9.70. The number of carbonyl (C=O) groups is 1. The molecular formula is C17H13NO2. The standard InChI is InChI=1S/C17H13NO2/c1-2-11-7-8-14-13-5-3-4-6-15(13)18-17(14)12(11)9-10-16(19)20/h2-10,18H,1H2,(H,19,20). The van der Waals surface area contributed by atoms with E-state index in [1.165, 1.54) is 0 Å². The molecule has 0 unspecified atom stereocenters. The molecule has 3 heteroatoms. The first-order valence-corrected chi connectivity index (χ1v) is 6.27. The number of aromatic amines is 1. The van der Waals surface area contributed by atoms with Crippen LogP contribution in [0, 0.1) is 0 Å². The molecule has 0 fully saturated rings. The van der Waals surface area contributed by atoms with E-state index in [1.807, 2.05) is 36.4 Å². The Hall–Kier alpha value is -2.81. The molecule has 0 aliphatic carbocycles. The number of fused-ring (bicyclic) bond motifs is 3. The van der Waals surface area contributed by atoms with Gasteiger partial charge >= 0.3 is 5.97 Å². The van der Waals surface area contributed by atoms with Crippen LogP contribution in [0.4, 0.5) is 0 Å². The molecule has 1 heterocycles. The number of aliphatic carboxylic acids is 1. The number of carboxylic acid groups (broad SMARTS) is 1. The lowest BCUT2D eigenvalue weighted by molar-refractivity contribution is -0.131. The highest BCUT2D eigenvalue weighted by molar-refractivity contribution is 6.10. The molecule has 0 bridgehead atoms. The Balaban J connectivity index is 2.39. The Bertz CT molecular complexity index is 856. The molecule has 3 aromatic rings. The number of nitrogens with one attached hydrogen (secondary N) is 1. The second-order valence-corrected chi connectivity index (χ2v) is 4.54. The first kappa shape index (κ1) is 12.2. The van der Waals surface area contributed by atoms with Crippen molar-refractivity contribution in [3.05, 3.63) is 60.2 Å². The van der Waals surface area contributed by atoms with Gasteiger partial charge in [-0.05, 0) is 17.7 Å². The van der Waals surface area contributed by atoms with Crippen LogP contribution >= 0.6 is 0 Å². The van der Waals surface area contributed by atoms with Crippen LogP contribution in [-0.2, 0) is 4.79 Å². The summed E-state index contributed by atoms with van der Waals surface area (Å²) in [5.41, 5.74) is 3.72. The van der Waals surface area contributed by atoms with Crippen LogP contribution in [0.15, 0.2) is 49.1 Å². The van der Waals surface area contributed by atoms with Crippen LogP contribution in [0.3, 0.4) is 0 Å². The molecule has 0 saturated heterocycles. The van der Waals surface area contributed by atoms with E-state index in [9.17, 15) is 4.79 Å². The molecule has 2 aromatic carbocycles. The minimum absolute atomic E-state index is 0.844. The predicted molar refractivity (Wildman–Crippen MR) is 82.6 cm³/mol. The van der Waals surface area contributed by atoms with E-state index in [2.05, 4.69) is 11.6 Å². The van der Waals surface area contributed by atoms with Crippen LogP contribution in [0.5, 0.6) is 0 Å². The molecular weight excluding hydrogens is 250 g/mol. The smallest absolute Gasteiger partial charge is 0.328 e. The zero-order chi connectivity index (χ0) is 14.1. The van der Waals surface area contributed by atoms with Gasteiger partial charge in [0, 0.05) is 27.9 Å². The van der Waals surface area contributed by atoms with Crippen molar-refractivity contribution in [2.75, 3.05) is 0 Å². The third-order valence-corrected chi connectivity index (χ3v) is 3.37. The summed E-state index contributed by atoms with van der Waals surface area (Å²) in [5, 5.41) is 11.0. The van der Waals surface area contributed by atoms with E-state index >= 15 is 0 Å². The van der Waals surface area contributed by atoms with Gasteiger partial charge in [-0.3, -0.25) is 0 Å². The van der Waals surface area contributed by atoms with Crippen molar-refractivity contribution in [3.8, 4) is 0 Å². The molecule has 1 aromatic heterocycles. The molecule has 3 nitrogen and oxygen atoms in total. The van der Waals surface area contributed by atoms with Crippen LogP contribution < -0.4 is 0 Å². The van der Waals surface area contributed by atoms with Crippen molar-refractivity contribution in [2.24, 2.45) is 0 Å². The number of rotatable bonds is 3. The van der Waals surface area contributed by atoms with Gasteiger partial charge in [0.1, 0.15) is 0 Å². The Morgan fingerprint density at radius 1 is 1.15 bits per heavy atom. The summed E-state index contributed by atoms with van der Waals surface area (Å²) in [4.78, 5) is 14.1. The van der Waals surface area contributed by atoms with Gasteiger partial charge in [-0.2, -0.15) is 0 Å². The molecule has 0 aliphatic rings. The fraction of sp³-hybridized carbons (Fsp3) is 0. The molecule has 0 amide bonds. The first-order valence-electron chi connectivity index (χ1n) is 6.27. The molecule has 98 valence electrons. The van der Waals surface area contributed by atoms with E-state index < -0.39 is 5.97 Å². The van der Waals surface area contributed by atoms with Crippen molar-refractivity contribution >= 4 is 39.9 Å². The Morgan fingerprint density at radius 3 is 2.70 bits per heavy atom. The van der Waals surface area contributed by atoms with Crippen molar-refractivity contribution < 1.29 is 9.90 Å². The molecule has 2 N–H and O–H groups in total. The van der Waals surface area contributed by atoms with Crippen molar-refractivity contribution in [1.29, 1.82) is 0 Å². The summed E-state index contributed by atoms with van der Waals surface area (Å²) in [7, 11) is 0. The predicted octanol–water partition coefficient (Wildman–Crippen LogP) is 4.06. The summed E-state index contributed by atoms with van der Waals surface area (Å²) in [6, 6.07) is 12.0. The van der Waals surface area contributed by atoms with Crippen LogP contribution in [0.2, 0.25) is 0 Å². The average Bonchev–Trinajstić information content (AvgIpc) is 2.83. The minimum Gasteiger partial charge on any atom is -0.478 e. The Kier molecular flexibility index (Phi) is 2.88. The number of benzene rings is 2. The zero-order valence-electron chi connectivity index (χ0n) is 10.8. The molecule has 3 rings (SSSR count). The molecule has 0 radical (unpaired) electrons.